The first-order chi connectivity index (χ1) is 8.04. The molecule has 2 atom stereocenters. The molecule has 9 N–H and O–H groups in total. The van der Waals surface area contributed by atoms with Gasteiger partial charge < -0.3 is 27.2 Å². The molecule has 0 aliphatic carbocycles. The third-order valence-corrected chi connectivity index (χ3v) is 3.33. The molecule has 0 saturated heterocycles. The maximum Gasteiger partial charge on any atom is 0.323 e. The quantitative estimate of drug-likeness (QED) is 0.318. The fourth-order valence-corrected chi connectivity index (χ4v) is 1.74. The number of aliphatic hydroxyl groups excluding tert-OH is 1. The van der Waals surface area contributed by atoms with Crippen LogP contribution in [0.25, 0.3) is 0 Å². The van der Waals surface area contributed by atoms with Crippen molar-refractivity contribution in [1.82, 2.24) is 12.3 Å². The molecule has 0 aromatic heterocycles. The minimum Gasteiger partial charge on any atom is -0.396 e. The molecule has 0 bridgehead atoms. The molecule has 0 saturated carbocycles. The summed E-state index contributed by atoms with van der Waals surface area (Å²) in [5.74, 6) is 0. The summed E-state index contributed by atoms with van der Waals surface area (Å²) in [6.45, 7) is 2.60. The molecule has 0 aliphatic rings. The van der Waals surface area contributed by atoms with Gasteiger partial charge in [0.2, 0.25) is 0 Å². The summed E-state index contributed by atoms with van der Waals surface area (Å²) in [7, 11) is -6.40. The van der Waals surface area contributed by atoms with E-state index in [0.29, 0.717) is 6.61 Å². The molecular formula is C9H30N2O6P2. The first-order valence-electron chi connectivity index (χ1n) is 5.79. The van der Waals surface area contributed by atoms with Crippen molar-refractivity contribution in [3.05, 3.63) is 0 Å². The second kappa shape index (κ2) is 23.3. The highest BCUT2D eigenvalue weighted by atomic mass is 31.2. The zero-order valence-corrected chi connectivity index (χ0v) is 13.6. The molecule has 2 unspecified atom stereocenters. The highest BCUT2D eigenvalue weighted by Gasteiger charge is 1.93. The smallest absolute Gasteiger partial charge is 0.323 e. The topological polar surface area (TPSA) is 174 Å². The summed E-state index contributed by atoms with van der Waals surface area (Å²) in [5, 5.41) is 8.47. The van der Waals surface area contributed by atoms with Crippen molar-refractivity contribution in [2.24, 2.45) is 0 Å². The lowest BCUT2D eigenvalue weighted by Gasteiger charge is -1.97. The predicted molar refractivity (Wildman–Crippen MR) is 78.6 cm³/mol. The van der Waals surface area contributed by atoms with Crippen LogP contribution in [0.2, 0.25) is 0 Å². The van der Waals surface area contributed by atoms with E-state index < -0.39 is 16.5 Å². The van der Waals surface area contributed by atoms with Crippen LogP contribution in [0.4, 0.5) is 0 Å². The fraction of sp³-hybridized carbons (Fsp3) is 1.00. The van der Waals surface area contributed by atoms with Crippen molar-refractivity contribution in [1.29, 1.82) is 0 Å². The Kier molecular flexibility index (Phi) is 33.8. The van der Waals surface area contributed by atoms with Crippen LogP contribution in [0.1, 0.15) is 51.9 Å². The van der Waals surface area contributed by atoms with Crippen LogP contribution in [0.3, 0.4) is 0 Å². The van der Waals surface area contributed by atoms with Gasteiger partial charge in [-0.1, -0.05) is 45.4 Å². The van der Waals surface area contributed by atoms with Gasteiger partial charge in [-0.15, -0.1) is 0 Å². The van der Waals surface area contributed by atoms with Crippen LogP contribution in [0, 0.1) is 0 Å². The van der Waals surface area contributed by atoms with Crippen molar-refractivity contribution in [2.75, 3.05) is 6.61 Å². The Morgan fingerprint density at radius 1 is 0.842 bits per heavy atom. The summed E-state index contributed by atoms with van der Waals surface area (Å²) >= 11 is 0. The van der Waals surface area contributed by atoms with E-state index in [1.165, 1.54) is 38.5 Å². The van der Waals surface area contributed by atoms with Gasteiger partial charge in [0, 0.05) is 6.61 Å². The fourth-order valence-electron chi connectivity index (χ4n) is 1.14. The lowest BCUT2D eigenvalue weighted by atomic mass is 10.1. The van der Waals surface area contributed by atoms with E-state index in [0.717, 1.165) is 6.42 Å². The van der Waals surface area contributed by atoms with E-state index in [-0.39, 0.29) is 12.3 Å². The van der Waals surface area contributed by atoms with Crippen LogP contribution in [-0.4, -0.2) is 21.5 Å². The summed E-state index contributed by atoms with van der Waals surface area (Å²) < 4.78 is 22.3. The van der Waals surface area contributed by atoms with E-state index >= 15 is 0 Å². The Morgan fingerprint density at radius 2 is 1.21 bits per heavy atom. The highest BCUT2D eigenvalue weighted by molar-refractivity contribution is 7.46. The summed E-state index contributed by atoms with van der Waals surface area (Å²) in [6.07, 6.45) is 8.93. The van der Waals surface area contributed by atoms with Crippen LogP contribution in [-0.2, 0) is 13.4 Å². The molecule has 122 valence electrons. The van der Waals surface area contributed by atoms with Crippen LogP contribution in [0.15, 0.2) is 0 Å². The van der Waals surface area contributed by atoms with Gasteiger partial charge in [-0.05, 0) is 6.42 Å². The normalized spacial score (nSPS) is 12.2. The highest BCUT2D eigenvalue weighted by Crippen LogP contribution is 2.30. The van der Waals surface area contributed by atoms with Gasteiger partial charge >= 0.3 is 16.5 Å². The van der Waals surface area contributed by atoms with Gasteiger partial charge in [0.25, 0.3) is 0 Å². The van der Waals surface area contributed by atoms with Crippen molar-refractivity contribution in [3.63, 3.8) is 0 Å². The molecule has 8 nitrogen and oxygen atoms in total. The molecule has 10 heteroatoms. The first kappa shape index (κ1) is 27.5. The maximum atomic E-state index is 9.44. The van der Waals surface area contributed by atoms with Crippen LogP contribution < -0.4 is 12.3 Å². The van der Waals surface area contributed by atoms with Gasteiger partial charge in [-0.2, -0.15) is 0 Å². The minimum absolute atomic E-state index is 0. The molecular weight excluding hydrogens is 294 g/mol. The molecule has 0 fully saturated rings. The van der Waals surface area contributed by atoms with E-state index in [1.54, 1.807) is 0 Å². The maximum absolute atomic E-state index is 9.44. The number of unbranched alkanes of at least 4 members (excludes halogenated alkanes) is 6. The third-order valence-electron chi connectivity index (χ3n) is 1.94. The minimum atomic E-state index is -3.20. The van der Waals surface area contributed by atoms with Gasteiger partial charge in [-0.25, -0.2) is 4.31 Å². The van der Waals surface area contributed by atoms with Gasteiger partial charge in [-0.3, -0.25) is 9.13 Å². The van der Waals surface area contributed by atoms with Crippen molar-refractivity contribution in [3.8, 4) is 0 Å². The van der Waals surface area contributed by atoms with Crippen molar-refractivity contribution in [2.45, 2.75) is 51.9 Å². The van der Waals surface area contributed by atoms with Gasteiger partial charge in [0.1, 0.15) is 0 Å². The Balaban J connectivity index is -0.000000112. The Bertz CT molecular complexity index is 189. The standard InChI is InChI=1S/C9H20O.2H3N.H4O5P2/c1-2-3-4-5-6-7-8-9-10;;;1-6(2)5-7(3)4/h10H,2-9H2,1H3;2*1H3;6-7H,(H,1,2)(H,3,4). The zero-order chi connectivity index (χ0) is 13.5. The number of aliphatic hydroxyl groups is 1. The van der Waals surface area contributed by atoms with E-state index in [4.69, 9.17) is 14.9 Å². The molecule has 0 amide bonds. The lowest BCUT2D eigenvalue weighted by molar-refractivity contribution is 0.282. The van der Waals surface area contributed by atoms with Crippen LogP contribution in [0.5, 0.6) is 0 Å². The Morgan fingerprint density at radius 3 is 1.47 bits per heavy atom. The van der Waals surface area contributed by atoms with Crippen molar-refractivity contribution < 1.29 is 28.3 Å². The zero-order valence-electron chi connectivity index (χ0n) is 11.6. The first-order valence-corrected chi connectivity index (χ1v) is 8.31. The van der Waals surface area contributed by atoms with Gasteiger partial charge in [0.15, 0.2) is 0 Å². The Labute approximate surface area is 116 Å². The predicted octanol–water partition coefficient (Wildman–Crippen LogP) is 2.82. The third kappa shape index (κ3) is 38.1. The molecule has 0 radical (unpaired) electrons. The Hall–Kier alpha value is 0.220. The number of hydrogen-bond donors (Lipinski definition) is 5. The summed E-state index contributed by atoms with van der Waals surface area (Å²) in [4.78, 5) is 15.4. The molecule has 19 heavy (non-hydrogen) atoms. The molecule has 0 heterocycles. The molecule has 0 spiro atoms. The average Bonchev–Trinajstić information content (AvgIpc) is 2.22. The molecule has 0 rings (SSSR count). The molecule has 0 aromatic carbocycles. The molecule has 0 aliphatic heterocycles. The van der Waals surface area contributed by atoms with Crippen molar-refractivity contribution >= 4 is 16.5 Å². The van der Waals surface area contributed by atoms with E-state index in [1.807, 2.05) is 0 Å². The lowest BCUT2D eigenvalue weighted by Crippen LogP contribution is -1.83. The average molecular weight is 324 g/mol. The second-order valence-corrected chi connectivity index (χ2v) is 5.36. The largest absolute Gasteiger partial charge is 0.396 e. The van der Waals surface area contributed by atoms with E-state index in [2.05, 4.69) is 11.2 Å². The SMILES string of the molecule is CCCCCCCCCO.N.N.O=[PH](O)O[PH](=O)O. The monoisotopic (exact) mass is 324 g/mol. The van der Waals surface area contributed by atoms with E-state index in [9.17, 15) is 9.13 Å². The second-order valence-electron chi connectivity index (χ2n) is 3.48. The molecule has 0 aromatic rings. The number of rotatable bonds is 9. The van der Waals surface area contributed by atoms with Crippen LogP contribution >= 0.6 is 16.5 Å². The summed E-state index contributed by atoms with van der Waals surface area (Å²) in [6, 6.07) is 0. The van der Waals surface area contributed by atoms with Gasteiger partial charge in [0.05, 0.1) is 0 Å². The number of hydrogen-bond acceptors (Lipinski definition) is 6. The summed E-state index contributed by atoms with van der Waals surface area (Å²) in [5.41, 5.74) is 0.